The van der Waals surface area contributed by atoms with E-state index in [0.29, 0.717) is 21.8 Å². The van der Waals surface area contributed by atoms with Crippen molar-refractivity contribution in [2.75, 3.05) is 0 Å². The standard InChI is InChI=1S/C21H16ClFN2O3/c22-17-6-1-15(2-7-17)21-16(13-25(24-21)12-11-20(27)28)5-10-19(26)14-3-8-18(23)9-4-14/h1-10,13H,11-12H2,(H,27,28)/b10-5+. The van der Waals surface area contributed by atoms with Crippen molar-refractivity contribution >= 4 is 29.4 Å². The second-order valence-corrected chi connectivity index (χ2v) is 6.49. The van der Waals surface area contributed by atoms with Gasteiger partial charge in [-0.05, 0) is 48.6 Å². The molecule has 0 aliphatic carbocycles. The number of rotatable bonds is 7. The second kappa shape index (κ2) is 8.63. The Balaban J connectivity index is 1.90. The van der Waals surface area contributed by atoms with Gasteiger partial charge in [-0.1, -0.05) is 23.7 Å². The number of carboxylic acids is 1. The van der Waals surface area contributed by atoms with E-state index in [1.165, 1.54) is 35.0 Å². The molecule has 0 fully saturated rings. The van der Waals surface area contributed by atoms with Crippen LogP contribution in [0.2, 0.25) is 5.02 Å². The molecule has 0 atom stereocenters. The van der Waals surface area contributed by atoms with E-state index in [1.807, 2.05) is 0 Å². The summed E-state index contributed by atoms with van der Waals surface area (Å²) in [6.45, 7) is 0.204. The van der Waals surface area contributed by atoms with Gasteiger partial charge in [-0.2, -0.15) is 5.10 Å². The molecule has 3 aromatic rings. The summed E-state index contributed by atoms with van der Waals surface area (Å²) in [5.41, 5.74) is 2.41. The van der Waals surface area contributed by atoms with Crippen LogP contribution in [-0.2, 0) is 11.3 Å². The zero-order valence-electron chi connectivity index (χ0n) is 14.7. The minimum absolute atomic E-state index is 0.0700. The number of ketones is 1. The fourth-order valence-electron chi connectivity index (χ4n) is 2.59. The summed E-state index contributed by atoms with van der Waals surface area (Å²) in [6.07, 6.45) is 4.60. The maximum atomic E-state index is 13.0. The first-order valence-electron chi connectivity index (χ1n) is 8.45. The third-order valence-electron chi connectivity index (χ3n) is 4.01. The highest BCUT2D eigenvalue weighted by molar-refractivity contribution is 6.30. The van der Waals surface area contributed by atoms with E-state index in [4.69, 9.17) is 16.7 Å². The molecule has 0 unspecified atom stereocenters. The number of benzene rings is 2. The monoisotopic (exact) mass is 398 g/mol. The Morgan fingerprint density at radius 1 is 1.11 bits per heavy atom. The van der Waals surface area contributed by atoms with Gasteiger partial charge in [0.05, 0.1) is 18.7 Å². The largest absolute Gasteiger partial charge is 0.481 e. The van der Waals surface area contributed by atoms with Gasteiger partial charge in [0.2, 0.25) is 0 Å². The Hall–Kier alpha value is -3.25. The summed E-state index contributed by atoms with van der Waals surface area (Å²) >= 11 is 5.93. The molecule has 28 heavy (non-hydrogen) atoms. The first-order chi connectivity index (χ1) is 13.4. The molecule has 0 saturated heterocycles. The van der Waals surface area contributed by atoms with Crippen LogP contribution in [0.3, 0.4) is 0 Å². The van der Waals surface area contributed by atoms with Crippen LogP contribution < -0.4 is 0 Å². The van der Waals surface area contributed by atoms with Crippen molar-refractivity contribution < 1.29 is 19.1 Å². The number of carbonyl (C=O) groups is 2. The lowest BCUT2D eigenvalue weighted by Crippen LogP contribution is -2.04. The van der Waals surface area contributed by atoms with Crippen LogP contribution >= 0.6 is 11.6 Å². The molecule has 0 spiro atoms. The maximum absolute atomic E-state index is 13.0. The van der Waals surface area contributed by atoms with Gasteiger partial charge in [0.25, 0.3) is 0 Å². The zero-order valence-corrected chi connectivity index (χ0v) is 15.4. The van der Waals surface area contributed by atoms with Crippen molar-refractivity contribution in [1.82, 2.24) is 9.78 Å². The molecule has 1 aromatic heterocycles. The molecule has 5 nitrogen and oxygen atoms in total. The smallest absolute Gasteiger partial charge is 0.305 e. The number of aryl methyl sites for hydroxylation is 1. The Morgan fingerprint density at radius 2 is 1.79 bits per heavy atom. The Kier molecular flexibility index (Phi) is 6.01. The molecule has 2 aromatic carbocycles. The molecule has 1 N–H and O–H groups in total. The Labute approximate surface area is 165 Å². The lowest BCUT2D eigenvalue weighted by Gasteiger charge is -2.00. The summed E-state index contributed by atoms with van der Waals surface area (Å²) in [6, 6.07) is 12.3. The van der Waals surface area contributed by atoms with Gasteiger partial charge >= 0.3 is 5.97 Å². The van der Waals surface area contributed by atoms with Gasteiger partial charge < -0.3 is 5.11 Å². The van der Waals surface area contributed by atoms with Crippen LogP contribution in [0.4, 0.5) is 4.39 Å². The first kappa shape index (κ1) is 19.5. The third-order valence-corrected chi connectivity index (χ3v) is 4.26. The molecular weight excluding hydrogens is 383 g/mol. The quantitative estimate of drug-likeness (QED) is 0.462. The lowest BCUT2D eigenvalue weighted by molar-refractivity contribution is -0.137. The molecule has 0 saturated carbocycles. The molecule has 7 heteroatoms. The predicted molar refractivity (Wildman–Crippen MR) is 105 cm³/mol. The molecular formula is C21H16ClFN2O3. The van der Waals surface area contributed by atoms with Gasteiger partial charge in [-0.15, -0.1) is 0 Å². The van der Waals surface area contributed by atoms with E-state index < -0.39 is 11.8 Å². The number of halogens is 2. The number of aromatic nitrogens is 2. The van der Waals surface area contributed by atoms with E-state index in [2.05, 4.69) is 5.10 Å². The van der Waals surface area contributed by atoms with Crippen LogP contribution in [0.25, 0.3) is 17.3 Å². The van der Waals surface area contributed by atoms with Crippen molar-refractivity contribution in [2.45, 2.75) is 13.0 Å². The summed E-state index contributed by atoms with van der Waals surface area (Å²) < 4.78 is 14.5. The van der Waals surface area contributed by atoms with Gasteiger partial charge in [0.15, 0.2) is 5.78 Å². The van der Waals surface area contributed by atoms with Crippen molar-refractivity contribution in [3.8, 4) is 11.3 Å². The first-order valence-corrected chi connectivity index (χ1v) is 8.83. The van der Waals surface area contributed by atoms with Gasteiger partial charge in [0, 0.05) is 27.9 Å². The van der Waals surface area contributed by atoms with Crippen molar-refractivity contribution in [1.29, 1.82) is 0 Å². The molecule has 0 bridgehead atoms. The molecule has 142 valence electrons. The van der Waals surface area contributed by atoms with E-state index in [9.17, 15) is 14.0 Å². The van der Waals surface area contributed by atoms with E-state index in [0.717, 1.165) is 5.56 Å². The highest BCUT2D eigenvalue weighted by Crippen LogP contribution is 2.25. The van der Waals surface area contributed by atoms with Crippen LogP contribution in [0.1, 0.15) is 22.3 Å². The number of aliphatic carboxylic acids is 1. The third kappa shape index (κ3) is 4.92. The lowest BCUT2D eigenvalue weighted by atomic mass is 10.1. The summed E-state index contributed by atoms with van der Waals surface area (Å²) in [5.74, 6) is -1.61. The van der Waals surface area contributed by atoms with Crippen LogP contribution in [0.5, 0.6) is 0 Å². The normalized spacial score (nSPS) is 11.1. The minimum Gasteiger partial charge on any atom is -0.481 e. The molecule has 0 aliphatic heterocycles. The molecule has 0 amide bonds. The summed E-state index contributed by atoms with van der Waals surface area (Å²) in [4.78, 5) is 23.1. The fraction of sp³-hybridized carbons (Fsp3) is 0.0952. The molecule has 0 radical (unpaired) electrons. The predicted octanol–water partition coefficient (Wildman–Crippen LogP) is 4.71. The highest BCUT2D eigenvalue weighted by atomic mass is 35.5. The van der Waals surface area contributed by atoms with E-state index in [1.54, 1.807) is 36.5 Å². The number of hydrogen-bond donors (Lipinski definition) is 1. The molecule has 1 heterocycles. The summed E-state index contributed by atoms with van der Waals surface area (Å²) in [7, 11) is 0. The second-order valence-electron chi connectivity index (χ2n) is 6.05. The van der Waals surface area contributed by atoms with Crippen molar-refractivity contribution in [3.63, 3.8) is 0 Å². The summed E-state index contributed by atoms with van der Waals surface area (Å²) in [5, 5.41) is 13.9. The van der Waals surface area contributed by atoms with E-state index in [-0.39, 0.29) is 18.7 Å². The topological polar surface area (TPSA) is 72.2 Å². The fourth-order valence-corrected chi connectivity index (χ4v) is 2.72. The number of allylic oxidation sites excluding steroid dienone is 1. The van der Waals surface area contributed by atoms with Crippen LogP contribution in [-0.4, -0.2) is 26.6 Å². The Morgan fingerprint density at radius 3 is 2.43 bits per heavy atom. The number of hydrogen-bond acceptors (Lipinski definition) is 3. The number of nitrogens with zero attached hydrogens (tertiary/aromatic N) is 2. The SMILES string of the molecule is O=C(O)CCn1cc(/C=C/C(=O)c2ccc(F)cc2)c(-c2ccc(Cl)cc2)n1. The number of carbonyl (C=O) groups excluding carboxylic acids is 1. The van der Waals surface area contributed by atoms with Gasteiger partial charge in [0.1, 0.15) is 5.82 Å². The van der Waals surface area contributed by atoms with Crippen molar-refractivity contribution in [2.24, 2.45) is 0 Å². The average molecular weight is 399 g/mol. The molecule has 3 rings (SSSR count). The Bertz CT molecular complexity index is 1020. The van der Waals surface area contributed by atoms with Crippen molar-refractivity contribution in [3.05, 3.63) is 82.8 Å². The van der Waals surface area contributed by atoms with Crippen LogP contribution in [0.15, 0.2) is 60.8 Å². The minimum atomic E-state index is -0.924. The maximum Gasteiger partial charge on any atom is 0.305 e. The average Bonchev–Trinajstić information content (AvgIpc) is 3.09. The number of carboxylic acid groups (broad SMARTS) is 1. The van der Waals surface area contributed by atoms with E-state index >= 15 is 0 Å². The van der Waals surface area contributed by atoms with Gasteiger partial charge in [-0.3, -0.25) is 14.3 Å². The zero-order chi connectivity index (χ0) is 20.1. The van der Waals surface area contributed by atoms with Gasteiger partial charge in [-0.25, -0.2) is 4.39 Å². The highest BCUT2D eigenvalue weighted by Gasteiger charge is 2.11. The van der Waals surface area contributed by atoms with Crippen LogP contribution in [0, 0.1) is 5.82 Å². The molecule has 0 aliphatic rings.